The van der Waals surface area contributed by atoms with Crippen LogP contribution in [0.4, 0.5) is 5.82 Å². The SMILES string of the molecule is Cc1cc(N2CCN(C(=O)C(C)C3CNC3)CC2)nc(C(C)C)n1. The van der Waals surface area contributed by atoms with Gasteiger partial charge < -0.3 is 15.1 Å². The summed E-state index contributed by atoms with van der Waals surface area (Å²) in [5.74, 6) is 3.16. The van der Waals surface area contributed by atoms with Crippen LogP contribution >= 0.6 is 0 Å². The standard InChI is InChI=1S/C18H29N5O/c1-12(2)17-20-13(3)9-16(21-17)22-5-7-23(8-6-22)18(24)14(4)15-10-19-11-15/h9,12,14-15,19H,5-8,10-11H2,1-4H3. The van der Waals surface area contributed by atoms with Gasteiger partial charge in [-0.25, -0.2) is 9.97 Å². The van der Waals surface area contributed by atoms with Crippen LogP contribution in [0.25, 0.3) is 0 Å². The molecule has 0 saturated carbocycles. The van der Waals surface area contributed by atoms with Crippen molar-refractivity contribution in [2.45, 2.75) is 33.6 Å². The molecule has 6 nitrogen and oxygen atoms in total. The van der Waals surface area contributed by atoms with Crippen LogP contribution in [0.15, 0.2) is 6.07 Å². The normalized spacial score (nSPS) is 20.2. The quantitative estimate of drug-likeness (QED) is 0.904. The minimum Gasteiger partial charge on any atom is -0.353 e. The third kappa shape index (κ3) is 3.53. The minimum absolute atomic E-state index is 0.131. The lowest BCUT2D eigenvalue weighted by atomic mass is 9.88. The highest BCUT2D eigenvalue weighted by molar-refractivity contribution is 5.79. The molecule has 132 valence electrons. The Morgan fingerprint density at radius 3 is 2.38 bits per heavy atom. The van der Waals surface area contributed by atoms with Crippen molar-refractivity contribution in [3.05, 3.63) is 17.6 Å². The van der Waals surface area contributed by atoms with E-state index in [-0.39, 0.29) is 5.92 Å². The van der Waals surface area contributed by atoms with Gasteiger partial charge in [0.05, 0.1) is 0 Å². The second kappa shape index (κ2) is 7.05. The maximum atomic E-state index is 12.6. The summed E-state index contributed by atoms with van der Waals surface area (Å²) < 4.78 is 0. The van der Waals surface area contributed by atoms with Crippen molar-refractivity contribution >= 4 is 11.7 Å². The van der Waals surface area contributed by atoms with E-state index < -0.39 is 0 Å². The van der Waals surface area contributed by atoms with Gasteiger partial charge in [-0.1, -0.05) is 20.8 Å². The predicted molar refractivity (Wildman–Crippen MR) is 95.2 cm³/mol. The molecule has 6 heteroatoms. The van der Waals surface area contributed by atoms with Crippen LogP contribution in [0.3, 0.4) is 0 Å². The van der Waals surface area contributed by atoms with Crippen molar-refractivity contribution in [3.8, 4) is 0 Å². The first-order chi connectivity index (χ1) is 11.5. The number of carbonyl (C=O) groups is 1. The van der Waals surface area contributed by atoms with E-state index in [4.69, 9.17) is 4.98 Å². The molecule has 0 radical (unpaired) electrons. The first kappa shape index (κ1) is 17.1. The summed E-state index contributed by atoms with van der Waals surface area (Å²) in [6.07, 6.45) is 0. The van der Waals surface area contributed by atoms with Gasteiger partial charge >= 0.3 is 0 Å². The van der Waals surface area contributed by atoms with E-state index in [1.807, 2.05) is 17.9 Å². The van der Waals surface area contributed by atoms with Crippen LogP contribution in [0, 0.1) is 18.8 Å². The molecule has 2 saturated heterocycles. The van der Waals surface area contributed by atoms with Crippen LogP contribution in [-0.2, 0) is 4.79 Å². The monoisotopic (exact) mass is 331 g/mol. The van der Waals surface area contributed by atoms with Crippen molar-refractivity contribution in [1.29, 1.82) is 0 Å². The second-order valence-corrected chi connectivity index (χ2v) is 7.40. The third-order valence-corrected chi connectivity index (χ3v) is 5.20. The Morgan fingerprint density at radius 2 is 1.83 bits per heavy atom. The molecule has 2 fully saturated rings. The van der Waals surface area contributed by atoms with Gasteiger partial charge in [0.15, 0.2) is 0 Å². The summed E-state index contributed by atoms with van der Waals surface area (Å²) in [4.78, 5) is 26.2. The zero-order chi connectivity index (χ0) is 17.3. The van der Waals surface area contributed by atoms with Crippen molar-refractivity contribution in [1.82, 2.24) is 20.2 Å². The summed E-state index contributed by atoms with van der Waals surface area (Å²) in [5, 5.41) is 3.25. The number of hydrogen-bond donors (Lipinski definition) is 1. The van der Waals surface area contributed by atoms with Gasteiger partial charge in [0.25, 0.3) is 0 Å². The van der Waals surface area contributed by atoms with E-state index in [2.05, 4.69) is 36.0 Å². The minimum atomic E-state index is 0.131. The molecule has 0 aliphatic carbocycles. The molecular weight excluding hydrogens is 302 g/mol. The smallest absolute Gasteiger partial charge is 0.225 e. The van der Waals surface area contributed by atoms with Gasteiger partial charge in [0.1, 0.15) is 11.6 Å². The Labute approximate surface area is 144 Å². The molecule has 1 atom stereocenters. The van der Waals surface area contributed by atoms with Gasteiger partial charge in [0.2, 0.25) is 5.91 Å². The zero-order valence-electron chi connectivity index (χ0n) is 15.2. The molecule has 1 aromatic heterocycles. The highest BCUT2D eigenvalue weighted by Crippen LogP contribution is 2.22. The number of rotatable bonds is 4. The molecule has 3 rings (SSSR count). The van der Waals surface area contributed by atoms with E-state index in [1.54, 1.807) is 0 Å². The van der Waals surface area contributed by atoms with E-state index in [1.165, 1.54) is 0 Å². The fourth-order valence-corrected chi connectivity index (χ4v) is 3.30. The number of aromatic nitrogens is 2. The molecule has 3 heterocycles. The summed E-state index contributed by atoms with van der Waals surface area (Å²) >= 11 is 0. The first-order valence-electron chi connectivity index (χ1n) is 9.05. The number of carbonyl (C=O) groups excluding carboxylic acids is 1. The zero-order valence-corrected chi connectivity index (χ0v) is 15.2. The second-order valence-electron chi connectivity index (χ2n) is 7.40. The van der Waals surface area contributed by atoms with E-state index in [0.29, 0.717) is 17.7 Å². The lowest BCUT2D eigenvalue weighted by Crippen LogP contribution is -2.54. The third-order valence-electron chi connectivity index (χ3n) is 5.20. The molecule has 1 unspecified atom stereocenters. The van der Waals surface area contributed by atoms with E-state index in [0.717, 1.165) is 56.6 Å². The molecule has 0 aromatic carbocycles. The number of piperazine rings is 1. The van der Waals surface area contributed by atoms with Crippen molar-refractivity contribution < 1.29 is 4.79 Å². The Hall–Kier alpha value is -1.69. The van der Waals surface area contributed by atoms with Crippen LogP contribution in [-0.4, -0.2) is 60.0 Å². The fourth-order valence-electron chi connectivity index (χ4n) is 3.30. The van der Waals surface area contributed by atoms with Crippen LogP contribution in [0.1, 0.15) is 38.2 Å². The Kier molecular flexibility index (Phi) is 5.04. The predicted octanol–water partition coefficient (Wildman–Crippen LogP) is 1.41. The van der Waals surface area contributed by atoms with Gasteiger partial charge in [-0.05, 0) is 25.9 Å². The number of amides is 1. The topological polar surface area (TPSA) is 61.4 Å². The van der Waals surface area contributed by atoms with Gasteiger partial charge in [-0.3, -0.25) is 4.79 Å². The number of nitrogens with one attached hydrogen (secondary N) is 1. The molecular formula is C18H29N5O. The van der Waals surface area contributed by atoms with E-state index in [9.17, 15) is 4.79 Å². The average molecular weight is 331 g/mol. The van der Waals surface area contributed by atoms with E-state index >= 15 is 0 Å². The number of aryl methyl sites for hydroxylation is 1. The molecule has 2 aliphatic heterocycles. The molecule has 2 aliphatic rings. The lowest BCUT2D eigenvalue weighted by Gasteiger charge is -2.39. The highest BCUT2D eigenvalue weighted by atomic mass is 16.2. The van der Waals surface area contributed by atoms with Crippen molar-refractivity contribution in [2.24, 2.45) is 11.8 Å². The molecule has 0 spiro atoms. The van der Waals surface area contributed by atoms with Crippen LogP contribution in [0.5, 0.6) is 0 Å². The van der Waals surface area contributed by atoms with Crippen LogP contribution in [0.2, 0.25) is 0 Å². The Balaban J connectivity index is 1.61. The first-order valence-corrected chi connectivity index (χ1v) is 9.05. The molecule has 1 N–H and O–H groups in total. The number of nitrogens with zero attached hydrogens (tertiary/aromatic N) is 4. The summed E-state index contributed by atoms with van der Waals surface area (Å²) in [7, 11) is 0. The van der Waals surface area contributed by atoms with Gasteiger partial charge in [-0.2, -0.15) is 0 Å². The van der Waals surface area contributed by atoms with Crippen LogP contribution < -0.4 is 10.2 Å². The molecule has 24 heavy (non-hydrogen) atoms. The maximum absolute atomic E-state index is 12.6. The average Bonchev–Trinajstić information content (AvgIpc) is 2.52. The molecule has 0 bridgehead atoms. The summed E-state index contributed by atoms with van der Waals surface area (Å²) in [6.45, 7) is 13.5. The molecule has 1 amide bonds. The van der Waals surface area contributed by atoms with Crippen molar-refractivity contribution in [3.63, 3.8) is 0 Å². The maximum Gasteiger partial charge on any atom is 0.225 e. The van der Waals surface area contributed by atoms with Gasteiger partial charge in [-0.15, -0.1) is 0 Å². The summed E-state index contributed by atoms with van der Waals surface area (Å²) in [5.41, 5.74) is 1.01. The van der Waals surface area contributed by atoms with Gasteiger partial charge in [0, 0.05) is 49.8 Å². The number of hydrogen-bond acceptors (Lipinski definition) is 5. The van der Waals surface area contributed by atoms with Crippen molar-refractivity contribution in [2.75, 3.05) is 44.2 Å². The summed E-state index contributed by atoms with van der Waals surface area (Å²) in [6, 6.07) is 2.05. The molecule has 1 aromatic rings. The Bertz CT molecular complexity index is 591. The Morgan fingerprint density at radius 1 is 1.17 bits per heavy atom. The lowest BCUT2D eigenvalue weighted by molar-refractivity contribution is -0.137. The largest absolute Gasteiger partial charge is 0.353 e. The number of anilines is 1. The highest BCUT2D eigenvalue weighted by Gasteiger charge is 2.33. The fraction of sp³-hybridized carbons (Fsp3) is 0.722.